The van der Waals surface area contributed by atoms with Crippen LogP contribution in [0.1, 0.15) is 50.5 Å². The van der Waals surface area contributed by atoms with Gasteiger partial charge in [0.25, 0.3) is 0 Å². The second-order valence-electron chi connectivity index (χ2n) is 8.03. The Kier molecular flexibility index (Phi) is 4.07. The van der Waals surface area contributed by atoms with Crippen molar-refractivity contribution in [3.63, 3.8) is 0 Å². The highest BCUT2D eigenvalue weighted by Crippen LogP contribution is 2.49. The van der Waals surface area contributed by atoms with Crippen LogP contribution in [-0.2, 0) is 10.2 Å². The molecule has 3 aliphatic rings. The lowest BCUT2D eigenvalue weighted by atomic mass is 9.92. The number of aromatic amines is 1. The maximum Gasteiger partial charge on any atom is 0.243 e. The topological polar surface area (TPSA) is 86.8 Å². The lowest BCUT2D eigenvalue weighted by Gasteiger charge is -2.32. The molecule has 1 saturated carbocycles. The summed E-state index contributed by atoms with van der Waals surface area (Å²) >= 11 is 6.02. The average molecular weight is 387 g/mol. The molecule has 1 amide bonds. The number of nitrogens with zero attached hydrogens (tertiary/aromatic N) is 4. The minimum atomic E-state index is -0.381. The van der Waals surface area contributed by atoms with Gasteiger partial charge >= 0.3 is 0 Å². The number of benzene rings is 1. The third-order valence-corrected chi connectivity index (χ3v) is 6.79. The number of halogens is 1. The van der Waals surface area contributed by atoms with Crippen LogP contribution in [0.4, 0.5) is 5.95 Å². The summed E-state index contributed by atoms with van der Waals surface area (Å²) in [6.45, 7) is 0. The number of amides is 1. The molecule has 3 unspecified atom stereocenters. The Bertz CT molecular complexity index is 819. The van der Waals surface area contributed by atoms with Crippen molar-refractivity contribution in [3.8, 4) is 0 Å². The van der Waals surface area contributed by atoms with Gasteiger partial charge < -0.3 is 10.2 Å². The number of H-pyrrole nitrogens is 1. The predicted molar refractivity (Wildman–Crippen MR) is 102 cm³/mol. The molecule has 0 radical (unpaired) electrons. The second-order valence-corrected chi connectivity index (χ2v) is 8.47. The molecule has 0 spiro atoms. The molecule has 2 bridgehead atoms. The molecule has 2 saturated heterocycles. The number of hydrogen-bond acceptors (Lipinski definition) is 5. The highest BCUT2D eigenvalue weighted by Gasteiger charge is 2.52. The van der Waals surface area contributed by atoms with Crippen LogP contribution in [-0.4, -0.2) is 44.7 Å². The lowest BCUT2D eigenvalue weighted by Crippen LogP contribution is -2.52. The molecule has 27 heavy (non-hydrogen) atoms. The SMILES string of the molecule is O=C(NC1CCCC2CCC1N2c1nnn[nH]1)C1(c2ccc(Cl)cc2)CC1. The third kappa shape index (κ3) is 2.88. The van der Waals surface area contributed by atoms with Gasteiger partial charge in [0.05, 0.1) is 11.5 Å². The first-order valence-electron chi connectivity index (χ1n) is 9.76. The van der Waals surface area contributed by atoms with Crippen LogP contribution in [0.3, 0.4) is 0 Å². The van der Waals surface area contributed by atoms with Crippen molar-refractivity contribution in [1.82, 2.24) is 25.9 Å². The molecule has 2 N–H and O–H groups in total. The Labute approximate surface area is 162 Å². The fraction of sp³-hybridized carbons (Fsp3) is 0.579. The van der Waals surface area contributed by atoms with Crippen molar-refractivity contribution >= 4 is 23.5 Å². The van der Waals surface area contributed by atoms with E-state index in [9.17, 15) is 4.79 Å². The second kappa shape index (κ2) is 6.48. The zero-order chi connectivity index (χ0) is 18.4. The zero-order valence-corrected chi connectivity index (χ0v) is 15.8. The van der Waals surface area contributed by atoms with Gasteiger partial charge in [-0.3, -0.25) is 4.79 Å². The maximum absolute atomic E-state index is 13.3. The van der Waals surface area contributed by atoms with Crippen molar-refractivity contribution in [1.29, 1.82) is 0 Å². The number of nitrogens with one attached hydrogen (secondary N) is 2. The van der Waals surface area contributed by atoms with Crippen molar-refractivity contribution in [2.24, 2.45) is 0 Å². The van der Waals surface area contributed by atoms with Gasteiger partial charge in [0.1, 0.15) is 0 Å². The molecule has 142 valence electrons. The molecule has 1 aromatic carbocycles. The van der Waals surface area contributed by atoms with Gasteiger partial charge in [-0.15, -0.1) is 0 Å². The summed E-state index contributed by atoms with van der Waals surface area (Å²) in [5, 5.41) is 18.6. The van der Waals surface area contributed by atoms with Crippen LogP contribution < -0.4 is 10.2 Å². The monoisotopic (exact) mass is 386 g/mol. The standard InChI is InChI=1S/C19H23ClN6O/c20-13-6-4-12(5-7-13)19(10-11-19)17(27)21-15-3-1-2-14-8-9-16(15)26(14)18-22-24-25-23-18/h4-7,14-16H,1-3,8-11H2,(H,21,27)(H,22,23,24,25). The van der Waals surface area contributed by atoms with Gasteiger partial charge in [-0.1, -0.05) is 28.8 Å². The summed E-state index contributed by atoms with van der Waals surface area (Å²) < 4.78 is 0. The minimum Gasteiger partial charge on any atom is -0.351 e. The number of anilines is 1. The van der Waals surface area contributed by atoms with Crippen LogP contribution in [0.2, 0.25) is 5.02 Å². The molecule has 3 fully saturated rings. The highest BCUT2D eigenvalue weighted by atomic mass is 35.5. The van der Waals surface area contributed by atoms with Crippen LogP contribution in [0.5, 0.6) is 0 Å². The van der Waals surface area contributed by atoms with Crippen molar-refractivity contribution in [2.75, 3.05) is 4.90 Å². The van der Waals surface area contributed by atoms with Crippen molar-refractivity contribution in [2.45, 2.75) is 68.5 Å². The first-order chi connectivity index (χ1) is 13.2. The summed E-state index contributed by atoms with van der Waals surface area (Å²) in [7, 11) is 0. The predicted octanol–water partition coefficient (Wildman–Crippen LogP) is 2.59. The van der Waals surface area contributed by atoms with Crippen molar-refractivity contribution in [3.05, 3.63) is 34.9 Å². The van der Waals surface area contributed by atoms with E-state index in [0.29, 0.717) is 11.1 Å². The molecule has 1 aliphatic carbocycles. The van der Waals surface area contributed by atoms with Crippen LogP contribution in [0.25, 0.3) is 0 Å². The molecule has 3 heterocycles. The van der Waals surface area contributed by atoms with Crippen LogP contribution >= 0.6 is 11.6 Å². The largest absolute Gasteiger partial charge is 0.351 e. The van der Waals surface area contributed by atoms with Gasteiger partial charge in [-0.25, -0.2) is 5.10 Å². The molecule has 8 heteroatoms. The number of carbonyl (C=O) groups excluding carboxylic acids is 1. The molecular formula is C19H23ClN6O. The third-order valence-electron chi connectivity index (χ3n) is 6.54. The van der Waals surface area contributed by atoms with E-state index in [1.165, 1.54) is 0 Å². The maximum atomic E-state index is 13.3. The molecule has 2 aliphatic heterocycles. The van der Waals surface area contributed by atoms with E-state index in [1.807, 2.05) is 24.3 Å². The Balaban J connectivity index is 1.37. The number of hydrogen-bond donors (Lipinski definition) is 2. The number of aromatic nitrogens is 4. The fourth-order valence-electron chi connectivity index (χ4n) is 4.97. The molecule has 1 aromatic heterocycles. The van der Waals surface area contributed by atoms with E-state index >= 15 is 0 Å². The van der Waals surface area contributed by atoms with Gasteiger partial charge in [0.2, 0.25) is 11.9 Å². The Morgan fingerprint density at radius 3 is 2.70 bits per heavy atom. The number of carbonyl (C=O) groups is 1. The van der Waals surface area contributed by atoms with E-state index in [0.717, 1.165) is 56.5 Å². The first-order valence-corrected chi connectivity index (χ1v) is 10.1. The van der Waals surface area contributed by atoms with E-state index in [-0.39, 0.29) is 23.4 Å². The molecule has 7 nitrogen and oxygen atoms in total. The minimum absolute atomic E-state index is 0.125. The zero-order valence-electron chi connectivity index (χ0n) is 15.1. The number of fused-ring (bicyclic) bond motifs is 2. The normalized spacial score (nSPS) is 28.6. The Hall–Kier alpha value is -2.15. The van der Waals surface area contributed by atoms with E-state index in [1.54, 1.807) is 0 Å². The molecule has 3 atom stereocenters. The van der Waals surface area contributed by atoms with Gasteiger partial charge in [-0.2, -0.15) is 0 Å². The van der Waals surface area contributed by atoms with E-state index in [4.69, 9.17) is 11.6 Å². The van der Waals surface area contributed by atoms with E-state index in [2.05, 4.69) is 30.8 Å². The molecule has 2 aromatic rings. The van der Waals surface area contributed by atoms with E-state index < -0.39 is 0 Å². The fourth-order valence-corrected chi connectivity index (χ4v) is 5.09. The Morgan fingerprint density at radius 2 is 2.00 bits per heavy atom. The summed E-state index contributed by atoms with van der Waals surface area (Å²) in [5.74, 6) is 0.873. The summed E-state index contributed by atoms with van der Waals surface area (Å²) in [6, 6.07) is 8.54. The smallest absolute Gasteiger partial charge is 0.243 e. The average Bonchev–Trinajstić information content (AvgIpc) is 3.15. The summed E-state index contributed by atoms with van der Waals surface area (Å²) in [4.78, 5) is 15.6. The first kappa shape index (κ1) is 17.0. The summed E-state index contributed by atoms with van der Waals surface area (Å²) in [5.41, 5.74) is 0.687. The van der Waals surface area contributed by atoms with Crippen LogP contribution in [0.15, 0.2) is 24.3 Å². The van der Waals surface area contributed by atoms with Gasteiger partial charge in [0, 0.05) is 17.1 Å². The molecular weight excluding hydrogens is 364 g/mol. The number of tetrazole rings is 1. The quantitative estimate of drug-likeness (QED) is 0.843. The van der Waals surface area contributed by atoms with Gasteiger partial charge in [-0.05, 0) is 73.1 Å². The van der Waals surface area contributed by atoms with Crippen molar-refractivity contribution < 1.29 is 4.79 Å². The highest BCUT2D eigenvalue weighted by molar-refractivity contribution is 6.30. The van der Waals surface area contributed by atoms with Crippen LogP contribution in [0, 0.1) is 0 Å². The number of rotatable bonds is 4. The Morgan fingerprint density at radius 1 is 1.19 bits per heavy atom. The summed E-state index contributed by atoms with van der Waals surface area (Å²) in [6.07, 6.45) is 7.21. The lowest BCUT2D eigenvalue weighted by molar-refractivity contribution is -0.124. The van der Waals surface area contributed by atoms with Gasteiger partial charge in [0.15, 0.2) is 0 Å². The molecule has 5 rings (SSSR count).